The molecule has 0 spiro atoms. The summed E-state index contributed by atoms with van der Waals surface area (Å²) in [4.78, 5) is 2.45. The minimum absolute atomic E-state index is 0.461. The average molecular weight is 286 g/mol. The van der Waals surface area contributed by atoms with Crippen molar-refractivity contribution in [3.05, 3.63) is 17.3 Å². The molecule has 1 aromatic heterocycles. The van der Waals surface area contributed by atoms with Crippen LogP contribution in [-0.4, -0.2) is 28.2 Å². The Morgan fingerprint density at radius 2 is 1.89 bits per heavy atom. The van der Waals surface area contributed by atoms with Gasteiger partial charge in [0.1, 0.15) is 0 Å². The van der Waals surface area contributed by atoms with Crippen LogP contribution in [0.15, 0.2) is 12.1 Å². The van der Waals surface area contributed by atoms with Crippen molar-refractivity contribution < 1.29 is 0 Å². The van der Waals surface area contributed by atoms with Crippen molar-refractivity contribution in [3.63, 3.8) is 0 Å². The van der Waals surface area contributed by atoms with Crippen LogP contribution in [0.5, 0.6) is 0 Å². The molecule has 2 fully saturated rings. The lowest BCUT2D eigenvalue weighted by molar-refractivity contribution is 0.331. The number of halogens is 2. The third-order valence-corrected chi connectivity index (χ3v) is 4.65. The number of hydrogen-bond acceptors (Lipinski definition) is 3. The highest BCUT2D eigenvalue weighted by atomic mass is 35.5. The van der Waals surface area contributed by atoms with Crippen LogP contribution >= 0.6 is 23.2 Å². The molecule has 3 nitrogen and oxygen atoms in total. The minimum atomic E-state index is 0.461. The summed E-state index contributed by atoms with van der Waals surface area (Å²) in [5, 5.41) is 8.65. The Bertz CT molecular complexity index is 395. The van der Waals surface area contributed by atoms with Crippen LogP contribution in [0, 0.1) is 5.92 Å². The zero-order chi connectivity index (χ0) is 12.5. The molecule has 0 aliphatic carbocycles. The van der Waals surface area contributed by atoms with E-state index in [0.29, 0.717) is 17.2 Å². The third kappa shape index (κ3) is 2.30. The normalized spacial score (nSPS) is 30.8. The predicted octanol–water partition coefficient (Wildman–Crippen LogP) is 3.51. The molecule has 2 saturated heterocycles. The summed E-state index contributed by atoms with van der Waals surface area (Å²) in [5.74, 6) is 2.55. The fourth-order valence-electron chi connectivity index (χ4n) is 3.50. The molecule has 0 amide bonds. The first kappa shape index (κ1) is 12.5. The molecule has 18 heavy (non-hydrogen) atoms. The van der Waals surface area contributed by atoms with E-state index >= 15 is 0 Å². The van der Waals surface area contributed by atoms with Gasteiger partial charge in [-0.2, -0.15) is 0 Å². The highest BCUT2D eigenvalue weighted by Gasteiger charge is 2.41. The SMILES string of the molecule is ClCCC1CC2CCC(C1)N2c1ccc(Cl)nn1. The van der Waals surface area contributed by atoms with Gasteiger partial charge in [-0.1, -0.05) is 11.6 Å². The highest BCUT2D eigenvalue weighted by Crippen LogP contribution is 2.41. The summed E-state index contributed by atoms with van der Waals surface area (Å²) in [5.41, 5.74) is 0. The molecule has 2 bridgehead atoms. The predicted molar refractivity (Wildman–Crippen MR) is 74.4 cm³/mol. The van der Waals surface area contributed by atoms with Gasteiger partial charge < -0.3 is 4.90 Å². The third-order valence-electron chi connectivity index (χ3n) is 4.23. The van der Waals surface area contributed by atoms with Crippen molar-refractivity contribution in [3.8, 4) is 0 Å². The van der Waals surface area contributed by atoms with E-state index in [-0.39, 0.29) is 0 Å². The number of rotatable bonds is 3. The lowest BCUT2D eigenvalue weighted by Crippen LogP contribution is -2.43. The zero-order valence-corrected chi connectivity index (χ0v) is 11.7. The van der Waals surface area contributed by atoms with E-state index in [4.69, 9.17) is 23.2 Å². The van der Waals surface area contributed by atoms with Crippen molar-refractivity contribution >= 4 is 29.0 Å². The van der Waals surface area contributed by atoms with Gasteiger partial charge in [0.2, 0.25) is 0 Å². The number of alkyl halides is 1. The highest BCUT2D eigenvalue weighted by molar-refractivity contribution is 6.29. The van der Waals surface area contributed by atoms with E-state index in [9.17, 15) is 0 Å². The van der Waals surface area contributed by atoms with E-state index < -0.39 is 0 Å². The second-order valence-electron chi connectivity index (χ2n) is 5.32. The maximum atomic E-state index is 5.87. The Morgan fingerprint density at radius 1 is 1.17 bits per heavy atom. The van der Waals surface area contributed by atoms with Gasteiger partial charge in [0.25, 0.3) is 0 Å². The lowest BCUT2D eigenvalue weighted by Gasteiger charge is -2.39. The molecule has 5 heteroatoms. The second-order valence-corrected chi connectivity index (χ2v) is 6.09. The van der Waals surface area contributed by atoms with Gasteiger partial charge in [0.15, 0.2) is 11.0 Å². The Balaban J connectivity index is 1.77. The molecule has 3 rings (SSSR count). The second kappa shape index (κ2) is 5.22. The minimum Gasteiger partial charge on any atom is -0.349 e. The van der Waals surface area contributed by atoms with Crippen molar-refractivity contribution in [1.29, 1.82) is 0 Å². The topological polar surface area (TPSA) is 29.0 Å². The molecule has 2 unspecified atom stereocenters. The average Bonchev–Trinajstić information content (AvgIpc) is 2.63. The molecule has 0 aromatic carbocycles. The summed E-state index contributed by atoms with van der Waals surface area (Å²) in [6.07, 6.45) is 6.18. The maximum absolute atomic E-state index is 5.87. The van der Waals surface area contributed by atoms with Crippen molar-refractivity contribution in [2.24, 2.45) is 5.92 Å². The first-order valence-corrected chi connectivity index (χ1v) is 7.52. The van der Waals surface area contributed by atoms with Gasteiger partial charge in [-0.15, -0.1) is 21.8 Å². The van der Waals surface area contributed by atoms with Gasteiger partial charge in [-0.05, 0) is 50.2 Å². The number of anilines is 1. The quantitative estimate of drug-likeness (QED) is 0.796. The number of piperidine rings is 1. The van der Waals surface area contributed by atoms with Crippen molar-refractivity contribution in [2.45, 2.75) is 44.2 Å². The molecule has 2 atom stereocenters. The molecule has 3 heterocycles. The monoisotopic (exact) mass is 285 g/mol. The number of fused-ring (bicyclic) bond motifs is 2. The van der Waals surface area contributed by atoms with E-state index in [2.05, 4.69) is 15.1 Å². The van der Waals surface area contributed by atoms with Crippen LogP contribution in [0.1, 0.15) is 32.1 Å². The summed E-state index contributed by atoms with van der Waals surface area (Å²) in [6.45, 7) is 0. The van der Waals surface area contributed by atoms with Crippen LogP contribution in [0.2, 0.25) is 5.15 Å². The first-order chi connectivity index (χ1) is 8.78. The standard InChI is InChI=1S/C13H17Cl2N3/c14-6-5-9-7-10-1-2-11(8-9)18(10)13-4-3-12(15)16-17-13/h3-4,9-11H,1-2,5-8H2. The van der Waals surface area contributed by atoms with E-state index in [0.717, 1.165) is 24.0 Å². The Kier molecular flexibility index (Phi) is 3.62. The van der Waals surface area contributed by atoms with Gasteiger partial charge in [0.05, 0.1) is 0 Å². The van der Waals surface area contributed by atoms with Gasteiger partial charge in [0, 0.05) is 18.0 Å². The molecular weight excluding hydrogens is 269 g/mol. The molecule has 2 aliphatic heterocycles. The zero-order valence-electron chi connectivity index (χ0n) is 10.2. The molecule has 0 saturated carbocycles. The van der Waals surface area contributed by atoms with E-state index in [1.807, 2.05) is 12.1 Å². The molecule has 98 valence electrons. The van der Waals surface area contributed by atoms with Crippen LogP contribution in [0.25, 0.3) is 0 Å². The van der Waals surface area contributed by atoms with Crippen molar-refractivity contribution in [2.75, 3.05) is 10.8 Å². The summed E-state index contributed by atoms with van der Waals surface area (Å²) in [7, 11) is 0. The Labute approximate surface area is 117 Å². The van der Waals surface area contributed by atoms with Crippen molar-refractivity contribution in [1.82, 2.24) is 10.2 Å². The van der Waals surface area contributed by atoms with E-state index in [1.165, 1.54) is 25.7 Å². The van der Waals surface area contributed by atoms with Crippen LogP contribution in [0.4, 0.5) is 5.82 Å². The summed E-state index contributed by atoms with van der Waals surface area (Å²) in [6, 6.07) is 5.05. The van der Waals surface area contributed by atoms with Crippen LogP contribution < -0.4 is 4.90 Å². The molecule has 1 aromatic rings. The first-order valence-electron chi connectivity index (χ1n) is 6.61. The summed E-state index contributed by atoms with van der Waals surface area (Å²) >= 11 is 11.7. The van der Waals surface area contributed by atoms with Gasteiger partial charge in [-0.3, -0.25) is 0 Å². The number of hydrogen-bond donors (Lipinski definition) is 0. The fourth-order valence-corrected chi connectivity index (χ4v) is 3.91. The maximum Gasteiger partial charge on any atom is 0.151 e. The van der Waals surface area contributed by atoms with Gasteiger partial charge in [-0.25, -0.2) is 0 Å². The fraction of sp³-hybridized carbons (Fsp3) is 0.692. The van der Waals surface area contributed by atoms with Crippen LogP contribution in [0.3, 0.4) is 0 Å². The summed E-state index contributed by atoms with van der Waals surface area (Å²) < 4.78 is 0. The smallest absolute Gasteiger partial charge is 0.151 e. The molecular formula is C13H17Cl2N3. The van der Waals surface area contributed by atoms with Gasteiger partial charge >= 0.3 is 0 Å². The molecule has 0 N–H and O–H groups in total. The van der Waals surface area contributed by atoms with Crippen LogP contribution in [-0.2, 0) is 0 Å². The lowest BCUT2D eigenvalue weighted by atomic mass is 9.89. The molecule has 2 aliphatic rings. The Hall–Kier alpha value is -0.540. The number of aromatic nitrogens is 2. The molecule has 0 radical (unpaired) electrons. The number of nitrogens with zero attached hydrogens (tertiary/aromatic N) is 3. The largest absolute Gasteiger partial charge is 0.349 e. The van der Waals surface area contributed by atoms with E-state index in [1.54, 1.807) is 0 Å². The Morgan fingerprint density at radius 3 is 2.44 bits per heavy atom.